The van der Waals surface area contributed by atoms with Crippen LogP contribution in [-0.2, 0) is 10.0 Å². The number of aryl methyl sites for hydroxylation is 1. The molecule has 0 bridgehead atoms. The van der Waals surface area contributed by atoms with Gasteiger partial charge in [-0.05, 0) is 49.4 Å². The third-order valence-electron chi connectivity index (χ3n) is 4.53. The number of rotatable bonds is 5. The van der Waals surface area contributed by atoms with Crippen molar-refractivity contribution >= 4 is 44.3 Å². The molecule has 1 N–H and O–H groups in total. The molecule has 28 heavy (non-hydrogen) atoms. The third kappa shape index (κ3) is 3.75. The van der Waals surface area contributed by atoms with Gasteiger partial charge in [0.05, 0.1) is 15.5 Å². The van der Waals surface area contributed by atoms with Crippen molar-refractivity contribution in [2.45, 2.75) is 24.7 Å². The van der Waals surface area contributed by atoms with E-state index in [1.807, 2.05) is 17.5 Å². The quantitative estimate of drug-likeness (QED) is 0.653. The Morgan fingerprint density at radius 2 is 1.96 bits per heavy atom. The van der Waals surface area contributed by atoms with Crippen molar-refractivity contribution in [1.29, 1.82) is 0 Å². The number of amides is 1. The molecule has 3 heterocycles. The number of carbonyl (C=O) groups excluding carboxylic acids is 1. The highest BCUT2D eigenvalue weighted by Crippen LogP contribution is 2.31. The summed E-state index contributed by atoms with van der Waals surface area (Å²) in [6.07, 6.45) is 1.76. The number of benzene rings is 1. The molecule has 146 valence electrons. The van der Waals surface area contributed by atoms with Gasteiger partial charge in [-0.3, -0.25) is 4.79 Å². The molecule has 6 nitrogen and oxygen atoms in total. The molecule has 3 aromatic rings. The van der Waals surface area contributed by atoms with Gasteiger partial charge in [0.15, 0.2) is 0 Å². The van der Waals surface area contributed by atoms with Gasteiger partial charge < -0.3 is 5.32 Å². The predicted octanol–water partition coefficient (Wildman–Crippen LogP) is 4.22. The van der Waals surface area contributed by atoms with E-state index in [4.69, 9.17) is 0 Å². The SMILES string of the molecule is Cc1nc(-c2cccs2)sc1C(=O)Nc1cccc(S(=O)(=O)N2CCCC2)c1. The Morgan fingerprint density at radius 1 is 1.18 bits per heavy atom. The van der Waals surface area contributed by atoms with Gasteiger partial charge in [-0.2, -0.15) is 4.31 Å². The number of anilines is 1. The number of hydrogen-bond acceptors (Lipinski definition) is 6. The molecule has 0 spiro atoms. The zero-order chi connectivity index (χ0) is 19.7. The van der Waals surface area contributed by atoms with Crippen LogP contribution in [0.15, 0.2) is 46.7 Å². The first-order chi connectivity index (χ1) is 13.4. The number of carbonyl (C=O) groups is 1. The molecule has 9 heteroatoms. The molecule has 1 aromatic carbocycles. The van der Waals surface area contributed by atoms with Crippen molar-refractivity contribution in [2.75, 3.05) is 18.4 Å². The summed E-state index contributed by atoms with van der Waals surface area (Å²) in [5.41, 5.74) is 1.11. The Labute approximate surface area is 171 Å². The fraction of sp³-hybridized carbons (Fsp3) is 0.263. The molecule has 1 amide bonds. The monoisotopic (exact) mass is 433 g/mol. The fourth-order valence-corrected chi connectivity index (χ4v) is 6.43. The standard InChI is InChI=1S/C19H19N3O3S3/c1-13-17(27-19(20-13)16-8-5-11-26-16)18(23)21-14-6-4-7-15(12-14)28(24,25)22-9-2-3-10-22/h4-8,11-12H,2-3,9-10H2,1H3,(H,21,23). The lowest BCUT2D eigenvalue weighted by molar-refractivity contribution is 0.102. The van der Waals surface area contributed by atoms with Crippen molar-refractivity contribution in [2.24, 2.45) is 0 Å². The first-order valence-corrected chi connectivity index (χ1v) is 12.0. The number of nitrogens with zero attached hydrogens (tertiary/aromatic N) is 2. The molecule has 4 rings (SSSR count). The maximum absolute atomic E-state index is 12.7. The van der Waals surface area contributed by atoms with Gasteiger partial charge in [-0.1, -0.05) is 12.1 Å². The lowest BCUT2D eigenvalue weighted by Gasteiger charge is -2.16. The summed E-state index contributed by atoms with van der Waals surface area (Å²) < 4.78 is 27.0. The van der Waals surface area contributed by atoms with Crippen LogP contribution >= 0.6 is 22.7 Å². The Balaban J connectivity index is 1.56. The van der Waals surface area contributed by atoms with Crippen molar-refractivity contribution in [3.63, 3.8) is 0 Å². The number of aromatic nitrogens is 1. The van der Waals surface area contributed by atoms with Crippen LogP contribution in [0.5, 0.6) is 0 Å². The highest BCUT2D eigenvalue weighted by Gasteiger charge is 2.27. The summed E-state index contributed by atoms with van der Waals surface area (Å²) >= 11 is 2.91. The van der Waals surface area contributed by atoms with Gasteiger partial charge in [-0.25, -0.2) is 13.4 Å². The molecular weight excluding hydrogens is 414 g/mol. The Kier molecular flexibility index (Phi) is 5.33. The van der Waals surface area contributed by atoms with E-state index in [1.54, 1.807) is 36.5 Å². The van der Waals surface area contributed by atoms with E-state index in [0.717, 1.165) is 22.7 Å². The maximum Gasteiger partial charge on any atom is 0.267 e. The van der Waals surface area contributed by atoms with Crippen LogP contribution in [0.25, 0.3) is 9.88 Å². The molecule has 0 saturated carbocycles. The van der Waals surface area contributed by atoms with Crippen molar-refractivity contribution in [1.82, 2.24) is 9.29 Å². The summed E-state index contributed by atoms with van der Waals surface area (Å²) in [6, 6.07) is 10.3. The van der Waals surface area contributed by atoms with Crippen LogP contribution in [-0.4, -0.2) is 36.7 Å². The first kappa shape index (κ1) is 19.3. The molecule has 1 aliphatic rings. The summed E-state index contributed by atoms with van der Waals surface area (Å²) in [5, 5.41) is 5.59. The maximum atomic E-state index is 12.7. The van der Waals surface area contributed by atoms with Crippen molar-refractivity contribution in [3.8, 4) is 9.88 Å². The normalized spacial score (nSPS) is 15.0. The topological polar surface area (TPSA) is 79.4 Å². The minimum Gasteiger partial charge on any atom is -0.321 e. The summed E-state index contributed by atoms with van der Waals surface area (Å²) in [7, 11) is -3.52. The number of sulfonamides is 1. The van der Waals surface area contributed by atoms with Crippen LogP contribution in [0.1, 0.15) is 28.2 Å². The number of thiazole rings is 1. The van der Waals surface area contributed by atoms with Crippen LogP contribution in [0, 0.1) is 6.92 Å². The van der Waals surface area contributed by atoms with Gasteiger partial charge in [-0.15, -0.1) is 22.7 Å². The molecule has 1 aliphatic heterocycles. The number of thiophene rings is 1. The lowest BCUT2D eigenvalue weighted by atomic mass is 10.3. The molecule has 0 unspecified atom stereocenters. The first-order valence-electron chi connectivity index (χ1n) is 8.88. The summed E-state index contributed by atoms with van der Waals surface area (Å²) in [4.78, 5) is 19.0. The molecule has 0 aliphatic carbocycles. The Hall–Kier alpha value is -2.07. The average Bonchev–Trinajstić information content (AvgIpc) is 3.43. The highest BCUT2D eigenvalue weighted by molar-refractivity contribution is 7.89. The van der Waals surface area contributed by atoms with Crippen molar-refractivity contribution in [3.05, 3.63) is 52.3 Å². The number of hydrogen-bond donors (Lipinski definition) is 1. The lowest BCUT2D eigenvalue weighted by Crippen LogP contribution is -2.27. The van der Waals surface area contributed by atoms with E-state index in [-0.39, 0.29) is 10.8 Å². The smallest absolute Gasteiger partial charge is 0.267 e. The third-order valence-corrected chi connectivity index (χ3v) is 8.62. The molecule has 1 fully saturated rings. The van der Waals surface area contributed by atoms with E-state index >= 15 is 0 Å². The van der Waals surface area contributed by atoms with Gasteiger partial charge in [0, 0.05) is 18.8 Å². The zero-order valence-electron chi connectivity index (χ0n) is 15.2. The highest BCUT2D eigenvalue weighted by atomic mass is 32.2. The second kappa shape index (κ2) is 7.75. The fourth-order valence-electron chi connectivity index (χ4n) is 3.11. The minimum atomic E-state index is -3.52. The average molecular weight is 434 g/mol. The van der Waals surface area contributed by atoms with Gasteiger partial charge in [0.2, 0.25) is 10.0 Å². The molecule has 0 radical (unpaired) electrons. The minimum absolute atomic E-state index is 0.201. The second-order valence-corrected chi connectivity index (χ2v) is 10.4. The largest absolute Gasteiger partial charge is 0.321 e. The zero-order valence-corrected chi connectivity index (χ0v) is 17.7. The second-order valence-electron chi connectivity index (χ2n) is 6.50. The van der Waals surface area contributed by atoms with E-state index in [0.29, 0.717) is 29.3 Å². The van der Waals surface area contributed by atoms with E-state index in [9.17, 15) is 13.2 Å². The van der Waals surface area contributed by atoms with Gasteiger partial charge >= 0.3 is 0 Å². The Bertz CT molecular complexity index is 1100. The van der Waals surface area contributed by atoms with Crippen molar-refractivity contribution < 1.29 is 13.2 Å². The van der Waals surface area contributed by atoms with Gasteiger partial charge in [0.1, 0.15) is 9.88 Å². The van der Waals surface area contributed by atoms with Crippen LogP contribution in [0.3, 0.4) is 0 Å². The molecule has 0 atom stereocenters. The van der Waals surface area contributed by atoms with E-state index in [2.05, 4.69) is 10.3 Å². The molecule has 1 saturated heterocycles. The van der Waals surface area contributed by atoms with Crippen LogP contribution in [0.2, 0.25) is 0 Å². The molecular formula is C19H19N3O3S3. The number of nitrogens with one attached hydrogen (secondary N) is 1. The van der Waals surface area contributed by atoms with Crippen LogP contribution in [0.4, 0.5) is 5.69 Å². The van der Waals surface area contributed by atoms with E-state index in [1.165, 1.54) is 21.7 Å². The van der Waals surface area contributed by atoms with Gasteiger partial charge in [0.25, 0.3) is 5.91 Å². The Morgan fingerprint density at radius 3 is 2.68 bits per heavy atom. The van der Waals surface area contributed by atoms with E-state index < -0.39 is 10.0 Å². The summed E-state index contributed by atoms with van der Waals surface area (Å²) in [5.74, 6) is -0.284. The molecule has 2 aromatic heterocycles. The summed E-state index contributed by atoms with van der Waals surface area (Å²) in [6.45, 7) is 2.89. The predicted molar refractivity (Wildman–Crippen MR) is 113 cm³/mol. The van der Waals surface area contributed by atoms with Crippen LogP contribution < -0.4 is 5.32 Å².